The Hall–Kier alpha value is -1.08. The predicted molar refractivity (Wildman–Crippen MR) is 57.2 cm³/mol. The van der Waals surface area contributed by atoms with Crippen molar-refractivity contribution in [2.24, 2.45) is 0 Å². The van der Waals surface area contributed by atoms with Gasteiger partial charge in [0, 0.05) is 5.56 Å². The molecule has 1 aromatic rings. The van der Waals surface area contributed by atoms with Gasteiger partial charge >= 0.3 is 0 Å². The van der Waals surface area contributed by atoms with Gasteiger partial charge < -0.3 is 0 Å². The second-order valence-corrected chi connectivity index (χ2v) is 4.05. The lowest BCUT2D eigenvalue weighted by Crippen LogP contribution is -2.32. The van der Waals surface area contributed by atoms with Crippen LogP contribution in [0.15, 0.2) is 37.0 Å². The van der Waals surface area contributed by atoms with Crippen molar-refractivity contribution < 1.29 is 4.48 Å². The van der Waals surface area contributed by atoms with E-state index in [0.29, 0.717) is 0 Å². The number of nitrogens with zero attached hydrogens (tertiary/aromatic N) is 1. The zero-order valence-electron chi connectivity index (χ0n) is 8.75. The zero-order chi connectivity index (χ0) is 9.90. The smallest absolute Gasteiger partial charge is 0.108 e. The monoisotopic (exact) mass is 176 g/mol. The van der Waals surface area contributed by atoms with E-state index in [1.165, 1.54) is 11.1 Å². The highest BCUT2D eigenvalue weighted by Crippen LogP contribution is 2.13. The molecule has 0 amide bonds. The Bertz CT molecular complexity index is 300. The Labute approximate surface area is 80.9 Å². The normalized spacial score (nSPS) is 11.3. The van der Waals surface area contributed by atoms with Crippen LogP contribution in [0.3, 0.4) is 0 Å². The van der Waals surface area contributed by atoms with E-state index >= 15 is 0 Å². The Morgan fingerprint density at radius 3 is 2.46 bits per heavy atom. The zero-order valence-corrected chi connectivity index (χ0v) is 8.75. The van der Waals surface area contributed by atoms with Crippen LogP contribution in [0.4, 0.5) is 0 Å². The van der Waals surface area contributed by atoms with Crippen molar-refractivity contribution in [3.63, 3.8) is 0 Å². The van der Waals surface area contributed by atoms with Crippen molar-refractivity contribution >= 4 is 0 Å². The molecule has 0 aliphatic carbocycles. The van der Waals surface area contributed by atoms with E-state index in [2.05, 4.69) is 51.9 Å². The lowest BCUT2D eigenvalue weighted by atomic mass is 10.1. The fraction of sp³-hybridized carbons (Fsp3) is 0.333. The summed E-state index contributed by atoms with van der Waals surface area (Å²) in [7, 11) is 4.30. The van der Waals surface area contributed by atoms with E-state index in [-0.39, 0.29) is 0 Å². The standard InChI is InChI=1S/C12H18N/c1-5-13(3,4)10-12-9-7-6-8-11(12)2/h5-9H,1,10H2,2-4H3/q+1. The Morgan fingerprint density at radius 1 is 1.31 bits per heavy atom. The molecule has 1 rings (SSSR count). The molecule has 0 spiro atoms. The third kappa shape index (κ3) is 2.71. The summed E-state index contributed by atoms with van der Waals surface area (Å²) in [5, 5.41) is 0. The van der Waals surface area contributed by atoms with Gasteiger partial charge in [-0.05, 0) is 19.1 Å². The molecule has 0 heterocycles. The van der Waals surface area contributed by atoms with Crippen LogP contribution in [-0.4, -0.2) is 18.6 Å². The highest BCUT2D eigenvalue weighted by molar-refractivity contribution is 5.24. The molecule has 0 aromatic heterocycles. The van der Waals surface area contributed by atoms with Crippen LogP contribution in [0.25, 0.3) is 0 Å². The van der Waals surface area contributed by atoms with Crippen LogP contribution in [0.2, 0.25) is 0 Å². The highest BCUT2D eigenvalue weighted by Gasteiger charge is 2.11. The molecule has 0 unspecified atom stereocenters. The lowest BCUT2D eigenvalue weighted by Gasteiger charge is -2.25. The first-order chi connectivity index (χ1) is 6.05. The van der Waals surface area contributed by atoms with Gasteiger partial charge in [0.05, 0.1) is 20.3 Å². The van der Waals surface area contributed by atoms with Crippen LogP contribution >= 0.6 is 0 Å². The molecule has 0 radical (unpaired) electrons. The summed E-state index contributed by atoms with van der Waals surface area (Å²) < 4.78 is 0.824. The van der Waals surface area contributed by atoms with Crippen LogP contribution in [0.1, 0.15) is 11.1 Å². The minimum atomic E-state index is 0.824. The van der Waals surface area contributed by atoms with Crippen molar-refractivity contribution in [3.05, 3.63) is 48.2 Å². The maximum absolute atomic E-state index is 3.83. The average molecular weight is 176 g/mol. The quantitative estimate of drug-likeness (QED) is 0.621. The minimum absolute atomic E-state index is 0.824. The number of rotatable bonds is 3. The van der Waals surface area contributed by atoms with Crippen molar-refractivity contribution in [2.45, 2.75) is 13.5 Å². The molecular formula is C12H18N+. The number of quaternary nitrogens is 1. The van der Waals surface area contributed by atoms with Crippen molar-refractivity contribution in [1.82, 2.24) is 0 Å². The summed E-state index contributed by atoms with van der Waals surface area (Å²) in [5.41, 5.74) is 2.75. The fourth-order valence-electron chi connectivity index (χ4n) is 1.29. The van der Waals surface area contributed by atoms with E-state index < -0.39 is 0 Å². The molecule has 1 nitrogen and oxygen atoms in total. The largest absolute Gasteiger partial charge is 0.299 e. The van der Waals surface area contributed by atoms with Crippen molar-refractivity contribution in [2.75, 3.05) is 14.1 Å². The number of benzene rings is 1. The summed E-state index contributed by atoms with van der Waals surface area (Å²) in [5.74, 6) is 0. The Morgan fingerprint density at radius 2 is 1.92 bits per heavy atom. The van der Waals surface area contributed by atoms with Gasteiger partial charge in [0.1, 0.15) is 6.54 Å². The molecule has 70 valence electrons. The molecule has 0 saturated heterocycles. The van der Waals surface area contributed by atoms with Gasteiger partial charge in [0.2, 0.25) is 0 Å². The first-order valence-corrected chi connectivity index (χ1v) is 4.56. The van der Waals surface area contributed by atoms with Gasteiger partial charge in [-0.2, -0.15) is 0 Å². The first kappa shape index (κ1) is 10.0. The molecule has 0 aliphatic heterocycles. The Balaban J connectivity index is 2.86. The van der Waals surface area contributed by atoms with Crippen molar-refractivity contribution in [1.29, 1.82) is 0 Å². The van der Waals surface area contributed by atoms with Gasteiger partial charge in [-0.3, -0.25) is 4.48 Å². The molecule has 0 fully saturated rings. The molecular weight excluding hydrogens is 158 g/mol. The lowest BCUT2D eigenvalue weighted by molar-refractivity contribution is -0.852. The van der Waals surface area contributed by atoms with Gasteiger partial charge in [-0.25, -0.2) is 0 Å². The number of aryl methyl sites for hydroxylation is 1. The van der Waals surface area contributed by atoms with Crippen LogP contribution in [0, 0.1) is 6.92 Å². The molecule has 1 heteroatoms. The summed E-state index contributed by atoms with van der Waals surface area (Å²) in [4.78, 5) is 0. The van der Waals surface area contributed by atoms with Gasteiger partial charge in [0.15, 0.2) is 0 Å². The molecule has 1 aromatic carbocycles. The summed E-state index contributed by atoms with van der Waals surface area (Å²) in [6.07, 6.45) is 1.96. The van der Waals surface area contributed by atoms with E-state index in [1.807, 2.05) is 6.20 Å². The molecule has 13 heavy (non-hydrogen) atoms. The Kier molecular flexibility index (Phi) is 2.89. The van der Waals surface area contributed by atoms with Gasteiger partial charge in [0.25, 0.3) is 0 Å². The minimum Gasteiger partial charge on any atom is -0.299 e. The topological polar surface area (TPSA) is 0 Å². The molecule has 0 bridgehead atoms. The van der Waals surface area contributed by atoms with Crippen LogP contribution < -0.4 is 0 Å². The maximum atomic E-state index is 3.83. The molecule has 0 N–H and O–H groups in total. The van der Waals surface area contributed by atoms with E-state index in [1.54, 1.807) is 0 Å². The summed E-state index contributed by atoms with van der Waals surface area (Å²) in [6, 6.07) is 8.50. The fourth-order valence-corrected chi connectivity index (χ4v) is 1.29. The summed E-state index contributed by atoms with van der Waals surface area (Å²) in [6.45, 7) is 6.99. The van der Waals surface area contributed by atoms with Gasteiger partial charge in [-0.15, -0.1) is 0 Å². The van der Waals surface area contributed by atoms with Crippen LogP contribution in [0.5, 0.6) is 0 Å². The third-order valence-corrected chi connectivity index (χ3v) is 2.33. The summed E-state index contributed by atoms with van der Waals surface area (Å²) >= 11 is 0. The number of hydrogen-bond acceptors (Lipinski definition) is 0. The average Bonchev–Trinajstić information content (AvgIpc) is 2.09. The van der Waals surface area contributed by atoms with E-state index in [4.69, 9.17) is 0 Å². The molecule has 0 saturated carbocycles. The van der Waals surface area contributed by atoms with E-state index in [0.717, 1.165) is 11.0 Å². The van der Waals surface area contributed by atoms with Crippen LogP contribution in [-0.2, 0) is 6.54 Å². The van der Waals surface area contributed by atoms with Crippen molar-refractivity contribution in [3.8, 4) is 0 Å². The molecule has 0 aliphatic rings. The highest BCUT2D eigenvalue weighted by atomic mass is 15.3. The number of hydrogen-bond donors (Lipinski definition) is 0. The third-order valence-electron chi connectivity index (χ3n) is 2.33. The molecule has 0 atom stereocenters. The van der Waals surface area contributed by atoms with Gasteiger partial charge in [-0.1, -0.05) is 24.3 Å². The maximum Gasteiger partial charge on any atom is 0.108 e. The predicted octanol–water partition coefficient (Wildman–Crippen LogP) is 2.71. The second kappa shape index (κ2) is 3.75. The SMILES string of the molecule is C=C[N+](C)(C)Cc1ccccc1C. The second-order valence-electron chi connectivity index (χ2n) is 4.05. The first-order valence-electron chi connectivity index (χ1n) is 4.56. The van der Waals surface area contributed by atoms with E-state index in [9.17, 15) is 0 Å².